The molecule has 0 aliphatic rings. The van der Waals surface area contributed by atoms with Crippen molar-refractivity contribution in [3.63, 3.8) is 0 Å². The predicted molar refractivity (Wildman–Crippen MR) is 50.1 cm³/mol. The molecular weight excluding hydrogens is 274 g/mol. The van der Waals surface area contributed by atoms with Gasteiger partial charge in [0.25, 0.3) is 0 Å². The number of halogens is 2. The third-order valence-corrected chi connectivity index (χ3v) is 2.22. The van der Waals surface area contributed by atoms with Gasteiger partial charge in [-0.25, -0.2) is 8.91 Å². The standard InChI is InChI=1S/C6H4FIN4/c7-3-2-12-5(1-4(3)8)10-6(9)11-12/h1-2H,(H2,9,11). The molecule has 62 valence electrons. The number of hydrogen-bond acceptors (Lipinski definition) is 3. The largest absolute Gasteiger partial charge is 0.366 e. The first-order valence-corrected chi connectivity index (χ1v) is 4.21. The van der Waals surface area contributed by atoms with Crippen LogP contribution in [0.5, 0.6) is 0 Å². The second-order valence-electron chi connectivity index (χ2n) is 2.24. The Morgan fingerprint density at radius 3 is 3.08 bits per heavy atom. The Balaban J connectivity index is 2.83. The molecule has 0 aliphatic carbocycles. The molecule has 2 N–H and O–H groups in total. The molecule has 2 aromatic heterocycles. The smallest absolute Gasteiger partial charge is 0.240 e. The van der Waals surface area contributed by atoms with E-state index in [9.17, 15) is 4.39 Å². The summed E-state index contributed by atoms with van der Waals surface area (Å²) in [5.74, 6) is -0.176. The zero-order chi connectivity index (χ0) is 8.72. The Kier molecular flexibility index (Phi) is 1.63. The number of nitrogens with two attached hydrogens (primary N) is 1. The highest BCUT2D eigenvalue weighted by atomic mass is 127. The molecule has 0 aliphatic heterocycles. The average Bonchev–Trinajstić information content (AvgIpc) is 2.30. The van der Waals surface area contributed by atoms with Crippen LogP contribution < -0.4 is 5.73 Å². The van der Waals surface area contributed by atoms with E-state index in [0.717, 1.165) is 0 Å². The maximum Gasteiger partial charge on any atom is 0.240 e. The van der Waals surface area contributed by atoms with Gasteiger partial charge in [-0.15, -0.1) is 5.10 Å². The van der Waals surface area contributed by atoms with E-state index in [1.807, 2.05) is 22.6 Å². The van der Waals surface area contributed by atoms with E-state index < -0.39 is 0 Å². The summed E-state index contributed by atoms with van der Waals surface area (Å²) in [7, 11) is 0. The number of hydrogen-bond donors (Lipinski definition) is 1. The highest BCUT2D eigenvalue weighted by Crippen LogP contribution is 2.12. The van der Waals surface area contributed by atoms with Crippen molar-refractivity contribution in [1.82, 2.24) is 14.6 Å². The van der Waals surface area contributed by atoms with E-state index >= 15 is 0 Å². The van der Waals surface area contributed by atoms with Crippen molar-refractivity contribution >= 4 is 34.2 Å². The van der Waals surface area contributed by atoms with Gasteiger partial charge in [-0.1, -0.05) is 0 Å². The van der Waals surface area contributed by atoms with Crippen LogP contribution in [0.15, 0.2) is 12.3 Å². The lowest BCUT2D eigenvalue weighted by atomic mass is 10.5. The first kappa shape index (κ1) is 7.71. The van der Waals surface area contributed by atoms with Gasteiger partial charge in [0, 0.05) is 0 Å². The van der Waals surface area contributed by atoms with Gasteiger partial charge in [-0.2, -0.15) is 4.98 Å². The monoisotopic (exact) mass is 278 g/mol. The molecule has 2 aromatic rings. The van der Waals surface area contributed by atoms with Crippen LogP contribution in [-0.4, -0.2) is 14.6 Å². The van der Waals surface area contributed by atoms with Crippen LogP contribution in [0.25, 0.3) is 5.65 Å². The number of rotatable bonds is 0. The van der Waals surface area contributed by atoms with Crippen molar-refractivity contribution in [3.8, 4) is 0 Å². The molecule has 0 saturated carbocycles. The van der Waals surface area contributed by atoms with Gasteiger partial charge < -0.3 is 5.73 Å². The van der Waals surface area contributed by atoms with Crippen LogP contribution in [0.1, 0.15) is 0 Å². The van der Waals surface area contributed by atoms with E-state index in [1.54, 1.807) is 6.07 Å². The summed E-state index contributed by atoms with van der Waals surface area (Å²) in [6, 6.07) is 1.58. The predicted octanol–water partition coefficient (Wildman–Crippen LogP) is 1.06. The summed E-state index contributed by atoms with van der Waals surface area (Å²) in [6.07, 6.45) is 1.25. The first-order valence-electron chi connectivity index (χ1n) is 3.14. The quantitative estimate of drug-likeness (QED) is 0.733. The minimum atomic E-state index is -0.326. The molecule has 0 aromatic carbocycles. The zero-order valence-electron chi connectivity index (χ0n) is 5.83. The lowest BCUT2D eigenvalue weighted by Gasteiger charge is -1.93. The van der Waals surface area contributed by atoms with Gasteiger partial charge in [-0.05, 0) is 28.7 Å². The van der Waals surface area contributed by atoms with Gasteiger partial charge >= 0.3 is 0 Å². The highest BCUT2D eigenvalue weighted by molar-refractivity contribution is 14.1. The number of pyridine rings is 1. The summed E-state index contributed by atoms with van der Waals surface area (Å²) in [5.41, 5.74) is 5.88. The van der Waals surface area contributed by atoms with Crippen LogP contribution >= 0.6 is 22.6 Å². The number of nitrogens with zero attached hydrogens (tertiary/aromatic N) is 3. The van der Waals surface area contributed by atoms with Crippen molar-refractivity contribution in [2.45, 2.75) is 0 Å². The molecule has 0 saturated heterocycles. The van der Waals surface area contributed by atoms with E-state index in [2.05, 4.69) is 10.1 Å². The minimum Gasteiger partial charge on any atom is -0.366 e. The van der Waals surface area contributed by atoms with Gasteiger partial charge in [0.05, 0.1) is 9.77 Å². The molecular formula is C6H4FIN4. The second kappa shape index (κ2) is 2.54. The van der Waals surface area contributed by atoms with Crippen molar-refractivity contribution in [3.05, 3.63) is 21.7 Å². The molecule has 0 atom stereocenters. The molecule has 12 heavy (non-hydrogen) atoms. The Labute approximate surface area is 80.7 Å². The Hall–Kier alpha value is -0.920. The second-order valence-corrected chi connectivity index (χ2v) is 3.40. The van der Waals surface area contributed by atoms with Crippen LogP contribution in [0.3, 0.4) is 0 Å². The molecule has 0 amide bonds. The molecule has 2 rings (SSSR count). The third kappa shape index (κ3) is 1.11. The zero-order valence-corrected chi connectivity index (χ0v) is 7.99. The van der Waals surface area contributed by atoms with Crippen molar-refractivity contribution < 1.29 is 4.39 Å². The maximum atomic E-state index is 12.9. The average molecular weight is 278 g/mol. The van der Waals surface area contributed by atoms with Gasteiger partial charge in [0.1, 0.15) is 0 Å². The normalized spacial score (nSPS) is 10.8. The first-order chi connectivity index (χ1) is 5.66. The van der Waals surface area contributed by atoms with E-state index in [-0.39, 0.29) is 11.8 Å². The van der Waals surface area contributed by atoms with Crippen molar-refractivity contribution in [1.29, 1.82) is 0 Å². The van der Waals surface area contributed by atoms with E-state index in [1.165, 1.54) is 10.7 Å². The summed E-state index contributed by atoms with van der Waals surface area (Å²) < 4.78 is 14.7. The Morgan fingerprint density at radius 1 is 1.58 bits per heavy atom. The fourth-order valence-electron chi connectivity index (χ4n) is 0.897. The van der Waals surface area contributed by atoms with Gasteiger partial charge in [0.15, 0.2) is 11.5 Å². The third-order valence-electron chi connectivity index (χ3n) is 1.39. The van der Waals surface area contributed by atoms with Gasteiger partial charge in [0.2, 0.25) is 5.95 Å². The molecule has 0 unspecified atom stereocenters. The van der Waals surface area contributed by atoms with Gasteiger partial charge in [-0.3, -0.25) is 0 Å². The lowest BCUT2D eigenvalue weighted by molar-refractivity contribution is 0.607. The number of fused-ring (bicyclic) bond motifs is 1. The van der Waals surface area contributed by atoms with Crippen molar-refractivity contribution in [2.24, 2.45) is 0 Å². The highest BCUT2D eigenvalue weighted by Gasteiger charge is 2.04. The molecule has 0 bridgehead atoms. The summed E-state index contributed by atoms with van der Waals surface area (Å²) >= 11 is 1.88. The molecule has 0 fully saturated rings. The number of nitrogen functional groups attached to an aromatic ring is 1. The summed E-state index contributed by atoms with van der Waals surface area (Å²) in [6.45, 7) is 0. The van der Waals surface area contributed by atoms with E-state index in [4.69, 9.17) is 5.73 Å². The minimum absolute atomic E-state index is 0.149. The maximum absolute atomic E-state index is 12.9. The van der Waals surface area contributed by atoms with Crippen LogP contribution in [0.2, 0.25) is 0 Å². The van der Waals surface area contributed by atoms with Crippen molar-refractivity contribution in [2.75, 3.05) is 5.73 Å². The number of anilines is 1. The molecule has 0 radical (unpaired) electrons. The Morgan fingerprint density at radius 2 is 2.33 bits per heavy atom. The van der Waals surface area contributed by atoms with Crippen LogP contribution in [-0.2, 0) is 0 Å². The fraction of sp³-hybridized carbons (Fsp3) is 0. The van der Waals surface area contributed by atoms with Crippen LogP contribution in [0.4, 0.5) is 10.3 Å². The molecule has 4 nitrogen and oxygen atoms in total. The summed E-state index contributed by atoms with van der Waals surface area (Å²) in [4.78, 5) is 3.87. The van der Waals surface area contributed by atoms with E-state index in [0.29, 0.717) is 9.22 Å². The fourth-order valence-corrected chi connectivity index (χ4v) is 1.32. The molecule has 6 heteroatoms. The Bertz CT molecular complexity index is 399. The van der Waals surface area contributed by atoms with Crippen LogP contribution in [0, 0.1) is 9.39 Å². The topological polar surface area (TPSA) is 56.2 Å². The number of aromatic nitrogens is 3. The lowest BCUT2D eigenvalue weighted by Crippen LogP contribution is -1.92. The SMILES string of the molecule is Nc1nc2cc(I)c(F)cn2n1. The summed E-state index contributed by atoms with van der Waals surface area (Å²) in [5, 5.41) is 3.76. The molecule has 0 spiro atoms. The molecule has 2 heterocycles.